The van der Waals surface area contributed by atoms with Crippen LogP contribution in [0.1, 0.15) is 24.6 Å². The molecule has 0 saturated heterocycles. The van der Waals surface area contributed by atoms with Crippen LogP contribution in [0.3, 0.4) is 0 Å². The first-order valence-corrected chi connectivity index (χ1v) is 9.33. The van der Waals surface area contributed by atoms with E-state index in [0.717, 1.165) is 35.3 Å². The number of fused-ring (bicyclic) bond motifs is 2. The third-order valence-electron chi connectivity index (χ3n) is 4.72. The molecular weight excluding hydrogens is 352 g/mol. The molecule has 2 N–H and O–H groups in total. The first-order chi connectivity index (χ1) is 13.5. The van der Waals surface area contributed by atoms with Gasteiger partial charge in [-0.05, 0) is 57.3 Å². The van der Waals surface area contributed by atoms with E-state index in [2.05, 4.69) is 15.0 Å². The van der Waals surface area contributed by atoms with E-state index in [-0.39, 0.29) is 0 Å². The number of pyridine rings is 1. The fourth-order valence-corrected chi connectivity index (χ4v) is 3.32. The second kappa shape index (κ2) is 7.44. The maximum absolute atomic E-state index is 8.56. The van der Waals surface area contributed by atoms with Crippen LogP contribution in [0.25, 0.3) is 11.1 Å². The summed E-state index contributed by atoms with van der Waals surface area (Å²) in [6, 6.07) is 7.75. The highest BCUT2D eigenvalue weighted by atomic mass is 16.5. The predicted octanol–water partition coefficient (Wildman–Crippen LogP) is 3.55. The summed E-state index contributed by atoms with van der Waals surface area (Å²) in [6.07, 6.45) is 6.57. The average Bonchev–Trinajstić information content (AvgIpc) is 3.29. The molecule has 0 amide bonds. The summed E-state index contributed by atoms with van der Waals surface area (Å²) in [7, 11) is 4.09. The molecule has 1 aliphatic rings. The minimum Gasteiger partial charge on any atom is -0.475 e. The van der Waals surface area contributed by atoms with E-state index in [0.29, 0.717) is 29.6 Å². The van der Waals surface area contributed by atoms with Crippen LogP contribution in [0.4, 0.5) is 5.69 Å². The van der Waals surface area contributed by atoms with Crippen LogP contribution in [0.5, 0.6) is 5.88 Å². The molecule has 3 heterocycles. The lowest BCUT2D eigenvalue weighted by Crippen LogP contribution is -2.17. The van der Waals surface area contributed by atoms with Crippen molar-refractivity contribution < 1.29 is 4.74 Å². The maximum Gasteiger partial charge on any atom is 0.260 e. The van der Waals surface area contributed by atoms with Crippen molar-refractivity contribution in [1.29, 1.82) is 5.41 Å². The molecule has 3 aromatic rings. The Balaban J connectivity index is 1.71. The highest BCUT2D eigenvalue weighted by molar-refractivity contribution is 6.54. The van der Waals surface area contributed by atoms with E-state index >= 15 is 0 Å². The van der Waals surface area contributed by atoms with Crippen molar-refractivity contribution in [3.63, 3.8) is 0 Å². The molecule has 0 atom stereocenters. The molecule has 144 valence electrons. The number of H-pyrrole nitrogens is 1. The van der Waals surface area contributed by atoms with Gasteiger partial charge in [-0.15, -0.1) is 5.10 Å². The molecule has 0 spiro atoms. The molecule has 28 heavy (non-hydrogen) atoms. The van der Waals surface area contributed by atoms with Crippen LogP contribution in [0, 0.1) is 5.41 Å². The lowest BCUT2D eigenvalue weighted by atomic mass is 9.95. The summed E-state index contributed by atoms with van der Waals surface area (Å²) in [6.45, 7) is 3.53. The van der Waals surface area contributed by atoms with Crippen molar-refractivity contribution in [2.24, 2.45) is 4.99 Å². The minimum absolute atomic E-state index is 0.399. The zero-order valence-corrected chi connectivity index (χ0v) is 16.4. The van der Waals surface area contributed by atoms with E-state index in [4.69, 9.17) is 15.1 Å². The summed E-state index contributed by atoms with van der Waals surface area (Å²) in [5.41, 5.74) is 5.43. The van der Waals surface area contributed by atoms with Gasteiger partial charge in [0.25, 0.3) is 5.88 Å². The molecule has 0 aromatic carbocycles. The number of allylic oxidation sites excluding steroid dienone is 2. The summed E-state index contributed by atoms with van der Waals surface area (Å²) >= 11 is 0. The second-order valence-corrected chi connectivity index (χ2v) is 7.16. The molecule has 0 fully saturated rings. The number of hydrogen-bond acceptors (Lipinski definition) is 5. The SMILES string of the molecule is CC1=C/C(=N\c2c(OCCCN(C)C)nn3ccccc23)C(=N)c2cc[nH]c21. The van der Waals surface area contributed by atoms with Gasteiger partial charge in [0.05, 0.1) is 29.2 Å². The maximum atomic E-state index is 8.56. The molecule has 0 saturated carbocycles. The normalized spacial score (nSPS) is 15.4. The Kier molecular flexibility index (Phi) is 4.83. The number of aliphatic imine (C=N–C) groups is 1. The smallest absolute Gasteiger partial charge is 0.260 e. The zero-order chi connectivity index (χ0) is 19.7. The monoisotopic (exact) mass is 376 g/mol. The Morgan fingerprint density at radius 1 is 1.29 bits per heavy atom. The van der Waals surface area contributed by atoms with Gasteiger partial charge in [-0.2, -0.15) is 0 Å². The molecule has 3 aromatic heterocycles. The Morgan fingerprint density at radius 2 is 2.14 bits per heavy atom. The van der Waals surface area contributed by atoms with Crippen molar-refractivity contribution in [2.75, 3.05) is 27.2 Å². The van der Waals surface area contributed by atoms with Gasteiger partial charge < -0.3 is 14.6 Å². The highest BCUT2D eigenvalue weighted by Gasteiger charge is 2.22. The van der Waals surface area contributed by atoms with Gasteiger partial charge in [0, 0.05) is 24.5 Å². The molecule has 0 unspecified atom stereocenters. The van der Waals surface area contributed by atoms with Gasteiger partial charge >= 0.3 is 0 Å². The van der Waals surface area contributed by atoms with Crippen LogP contribution in [-0.2, 0) is 0 Å². The van der Waals surface area contributed by atoms with Crippen LogP contribution in [0.2, 0.25) is 0 Å². The van der Waals surface area contributed by atoms with Crippen LogP contribution in [0.15, 0.2) is 47.7 Å². The van der Waals surface area contributed by atoms with Gasteiger partial charge in [-0.3, -0.25) is 5.41 Å². The van der Waals surface area contributed by atoms with E-state index in [1.54, 1.807) is 4.52 Å². The largest absolute Gasteiger partial charge is 0.475 e. The Labute approximate surface area is 163 Å². The summed E-state index contributed by atoms with van der Waals surface area (Å²) in [4.78, 5) is 10.1. The number of aromatic amines is 1. The molecule has 0 aliphatic heterocycles. The van der Waals surface area contributed by atoms with Crippen molar-refractivity contribution in [3.05, 3.63) is 54.0 Å². The van der Waals surface area contributed by atoms with E-state index in [1.807, 2.05) is 63.8 Å². The van der Waals surface area contributed by atoms with E-state index in [9.17, 15) is 0 Å². The summed E-state index contributed by atoms with van der Waals surface area (Å²) in [5.74, 6) is 0.496. The number of aromatic nitrogens is 3. The Bertz CT molecular complexity index is 1090. The lowest BCUT2D eigenvalue weighted by Gasteiger charge is -2.14. The molecule has 1 aliphatic carbocycles. The Morgan fingerprint density at radius 3 is 2.96 bits per heavy atom. The summed E-state index contributed by atoms with van der Waals surface area (Å²) < 4.78 is 7.74. The van der Waals surface area contributed by atoms with Gasteiger partial charge in [0.2, 0.25) is 0 Å². The average molecular weight is 376 g/mol. The van der Waals surface area contributed by atoms with E-state index < -0.39 is 0 Å². The third-order valence-corrected chi connectivity index (χ3v) is 4.72. The molecule has 7 heteroatoms. The number of rotatable bonds is 6. The van der Waals surface area contributed by atoms with Crippen LogP contribution >= 0.6 is 0 Å². The number of ether oxygens (including phenoxy) is 1. The van der Waals surface area contributed by atoms with Crippen LogP contribution in [-0.4, -0.2) is 58.2 Å². The molecular formula is C21H24N6O. The van der Waals surface area contributed by atoms with Crippen molar-refractivity contribution in [1.82, 2.24) is 19.5 Å². The molecule has 7 nitrogen and oxygen atoms in total. The molecule has 0 radical (unpaired) electrons. The lowest BCUT2D eigenvalue weighted by molar-refractivity contribution is 0.273. The van der Waals surface area contributed by atoms with Crippen molar-refractivity contribution in [2.45, 2.75) is 13.3 Å². The summed E-state index contributed by atoms with van der Waals surface area (Å²) in [5, 5.41) is 13.1. The topological polar surface area (TPSA) is 81.8 Å². The van der Waals surface area contributed by atoms with Crippen LogP contribution < -0.4 is 4.74 Å². The second-order valence-electron chi connectivity index (χ2n) is 7.16. The fraction of sp³-hybridized carbons (Fsp3) is 0.286. The first-order valence-electron chi connectivity index (χ1n) is 9.33. The number of hydrogen-bond donors (Lipinski definition) is 2. The number of nitrogens with zero attached hydrogens (tertiary/aromatic N) is 4. The van der Waals surface area contributed by atoms with E-state index in [1.165, 1.54) is 0 Å². The highest BCUT2D eigenvalue weighted by Crippen LogP contribution is 2.33. The van der Waals surface area contributed by atoms with Gasteiger partial charge in [-0.1, -0.05) is 6.07 Å². The minimum atomic E-state index is 0.399. The van der Waals surface area contributed by atoms with Crippen molar-refractivity contribution >= 4 is 28.2 Å². The quantitative estimate of drug-likeness (QED) is 0.646. The molecule has 4 rings (SSSR count). The number of nitrogens with one attached hydrogen (secondary N) is 2. The van der Waals surface area contributed by atoms with Gasteiger partial charge in [0.15, 0.2) is 5.69 Å². The van der Waals surface area contributed by atoms with Gasteiger partial charge in [-0.25, -0.2) is 9.51 Å². The first kappa shape index (κ1) is 18.2. The predicted molar refractivity (Wildman–Crippen MR) is 112 cm³/mol. The molecule has 0 bridgehead atoms. The zero-order valence-electron chi connectivity index (χ0n) is 16.4. The Hall–Kier alpha value is -3.19. The fourth-order valence-electron chi connectivity index (χ4n) is 3.32. The standard InChI is InChI=1S/C21H24N6O/c1-14-13-16(18(22)15-8-9-23-19(14)15)24-20-17-7-4-5-11-27(17)25-21(20)28-12-6-10-26(2)3/h4-5,7-9,11,13,22-23H,6,10,12H2,1-3H3/b22-18?,24-16+. The third kappa shape index (κ3) is 3.36. The van der Waals surface area contributed by atoms with Crippen molar-refractivity contribution in [3.8, 4) is 5.88 Å². The van der Waals surface area contributed by atoms with Gasteiger partial charge in [0.1, 0.15) is 0 Å².